The number of hydrogen-bond donors (Lipinski definition) is 7. The topological polar surface area (TPSA) is 212 Å². The Balaban J connectivity index is 2.62. The molecule has 1 aliphatic rings. The summed E-state index contributed by atoms with van der Waals surface area (Å²) in [4.78, 5) is 13.0. The van der Waals surface area contributed by atoms with Gasteiger partial charge in [-0.2, -0.15) is 8.42 Å². The average molecular weight is 796 g/mol. The van der Waals surface area contributed by atoms with Crippen LogP contribution in [0.25, 0.3) is 0 Å². The number of nitrogens with one attached hydrogen (secondary N) is 1. The molecule has 14 heteroatoms. The first-order valence-electron chi connectivity index (χ1n) is 21.2. The van der Waals surface area contributed by atoms with Gasteiger partial charge >= 0.3 is 10.4 Å². The van der Waals surface area contributed by atoms with Crippen molar-refractivity contribution < 1.29 is 57.0 Å². The third-order valence-electron chi connectivity index (χ3n) is 10.2. The summed E-state index contributed by atoms with van der Waals surface area (Å²) in [6.07, 6.45) is 20.4. The zero-order valence-electron chi connectivity index (χ0n) is 33.4. The lowest BCUT2D eigenvalue weighted by Crippen LogP contribution is -2.61. The summed E-state index contributed by atoms with van der Waals surface area (Å²) in [7, 11) is -5.11. The zero-order valence-corrected chi connectivity index (χ0v) is 34.2. The Bertz CT molecular complexity index is 1050. The van der Waals surface area contributed by atoms with Crippen LogP contribution in [0.1, 0.15) is 174 Å². The van der Waals surface area contributed by atoms with E-state index in [0.717, 1.165) is 38.5 Å². The van der Waals surface area contributed by atoms with E-state index in [2.05, 4.69) is 23.3 Å². The minimum absolute atomic E-state index is 0.245. The molecule has 1 fully saturated rings. The summed E-state index contributed by atoms with van der Waals surface area (Å²) in [5.41, 5.74) is 0. The van der Waals surface area contributed by atoms with Crippen LogP contribution in [0.15, 0.2) is 12.2 Å². The van der Waals surface area contributed by atoms with Crippen molar-refractivity contribution in [1.29, 1.82) is 0 Å². The first-order chi connectivity index (χ1) is 25.9. The average Bonchev–Trinajstić information content (AvgIpc) is 3.14. The summed E-state index contributed by atoms with van der Waals surface area (Å²) in [5.74, 6) is -0.706. The number of carbonyl (C=O) groups is 1. The predicted octanol–water partition coefficient (Wildman–Crippen LogP) is 6.19. The molecule has 1 heterocycles. The van der Waals surface area contributed by atoms with Gasteiger partial charge in [0.15, 0.2) is 6.29 Å². The van der Waals surface area contributed by atoms with Crippen LogP contribution in [0.3, 0.4) is 0 Å². The number of aliphatic hydroxyl groups is 5. The normalized spacial score (nSPS) is 22.4. The van der Waals surface area contributed by atoms with Crippen LogP contribution in [0.4, 0.5) is 0 Å². The van der Waals surface area contributed by atoms with E-state index in [1.54, 1.807) is 0 Å². The number of amides is 1. The molecule has 0 radical (unpaired) electrons. The summed E-state index contributed by atoms with van der Waals surface area (Å²) in [6, 6.07) is -1.11. The highest BCUT2D eigenvalue weighted by molar-refractivity contribution is 7.80. The maximum Gasteiger partial charge on any atom is 0.397 e. The quantitative estimate of drug-likeness (QED) is 0.0218. The number of ether oxygens (including phenoxy) is 2. The molecule has 1 amide bonds. The maximum atomic E-state index is 13.0. The van der Waals surface area contributed by atoms with Gasteiger partial charge in [-0.25, -0.2) is 4.18 Å². The summed E-state index contributed by atoms with van der Waals surface area (Å²) in [5, 5.41) is 54.9. The predicted molar refractivity (Wildman–Crippen MR) is 210 cm³/mol. The number of hydrogen-bond acceptors (Lipinski definition) is 11. The zero-order chi connectivity index (χ0) is 40.0. The van der Waals surface area contributed by atoms with Gasteiger partial charge in [0.05, 0.1) is 25.4 Å². The standard InChI is InChI=1S/C40H77NO12S/c1-3-5-7-9-11-13-14-15-16-17-18-19-20-21-23-24-26-28-33(43)32(41-39(47)34(44)29-27-25-22-12-10-8-6-4-2)31-51-40-37(46)38(53-54(48,49)50)36(45)35(30-42)52-40/h26,28,32-38,40,42-46H,3-25,27,29-31H2,1-2H3,(H,41,47)(H,48,49,50)/b28-26+. The molecule has 0 saturated carbocycles. The third-order valence-corrected chi connectivity index (χ3v) is 10.6. The maximum absolute atomic E-state index is 13.0. The highest BCUT2D eigenvalue weighted by Gasteiger charge is 2.48. The molecule has 0 spiro atoms. The minimum atomic E-state index is -5.11. The first kappa shape index (κ1) is 50.8. The Morgan fingerprint density at radius 2 is 1.20 bits per heavy atom. The largest absolute Gasteiger partial charge is 0.397 e. The molecule has 0 aromatic heterocycles. The van der Waals surface area contributed by atoms with Gasteiger partial charge in [-0.1, -0.05) is 167 Å². The molecular weight excluding hydrogens is 719 g/mol. The fraction of sp³-hybridized carbons (Fsp3) is 0.925. The number of allylic oxidation sites excluding steroid dienone is 1. The van der Waals surface area contributed by atoms with Crippen molar-refractivity contribution in [2.24, 2.45) is 0 Å². The molecule has 0 aromatic rings. The van der Waals surface area contributed by atoms with Crippen LogP contribution < -0.4 is 5.32 Å². The molecular formula is C40H77NO12S. The molecule has 8 unspecified atom stereocenters. The second-order valence-corrected chi connectivity index (χ2v) is 16.1. The van der Waals surface area contributed by atoms with Crippen molar-refractivity contribution >= 4 is 16.3 Å². The van der Waals surface area contributed by atoms with E-state index < -0.39 is 78.5 Å². The molecule has 320 valence electrons. The smallest absolute Gasteiger partial charge is 0.394 e. The van der Waals surface area contributed by atoms with Crippen LogP contribution >= 0.6 is 0 Å². The molecule has 7 N–H and O–H groups in total. The molecule has 0 bridgehead atoms. The van der Waals surface area contributed by atoms with Gasteiger partial charge in [-0.15, -0.1) is 0 Å². The fourth-order valence-corrected chi connectivity index (χ4v) is 7.26. The lowest BCUT2D eigenvalue weighted by atomic mass is 9.99. The summed E-state index contributed by atoms with van der Waals surface area (Å²) in [6.45, 7) is 3.16. The van der Waals surface area contributed by atoms with Crippen molar-refractivity contribution in [1.82, 2.24) is 5.32 Å². The summed E-state index contributed by atoms with van der Waals surface area (Å²) < 4.78 is 47.3. The first-order valence-corrected chi connectivity index (χ1v) is 22.5. The highest BCUT2D eigenvalue weighted by atomic mass is 32.3. The molecule has 1 saturated heterocycles. The molecule has 13 nitrogen and oxygen atoms in total. The van der Waals surface area contributed by atoms with Crippen molar-refractivity contribution in [3.63, 3.8) is 0 Å². The van der Waals surface area contributed by atoms with Crippen LogP contribution in [-0.4, -0.2) is 107 Å². The number of aliphatic hydroxyl groups excluding tert-OH is 5. The van der Waals surface area contributed by atoms with E-state index >= 15 is 0 Å². The molecule has 1 rings (SSSR count). The van der Waals surface area contributed by atoms with E-state index in [1.165, 1.54) is 109 Å². The van der Waals surface area contributed by atoms with Crippen LogP contribution in [-0.2, 0) is 28.9 Å². The minimum Gasteiger partial charge on any atom is -0.394 e. The van der Waals surface area contributed by atoms with Crippen LogP contribution in [0, 0.1) is 0 Å². The SMILES string of the molecule is CCCCCCCCCCCCCCCCC/C=C/C(O)C(COC1OC(CO)C(O)C(OS(=O)(=O)O)C1O)NC(=O)C(O)CCCCCCCCCC. The van der Waals surface area contributed by atoms with Crippen LogP contribution in [0.5, 0.6) is 0 Å². The van der Waals surface area contributed by atoms with Gasteiger partial charge in [0.25, 0.3) is 0 Å². The second-order valence-electron chi connectivity index (χ2n) is 15.1. The van der Waals surface area contributed by atoms with Gasteiger partial charge in [0.1, 0.15) is 30.5 Å². The van der Waals surface area contributed by atoms with E-state index in [4.69, 9.17) is 14.0 Å². The van der Waals surface area contributed by atoms with Gasteiger partial charge in [-0.05, 0) is 19.3 Å². The van der Waals surface area contributed by atoms with Gasteiger partial charge in [0, 0.05) is 0 Å². The van der Waals surface area contributed by atoms with Gasteiger partial charge < -0.3 is 40.3 Å². The van der Waals surface area contributed by atoms with Crippen molar-refractivity contribution in [3.05, 3.63) is 12.2 Å². The molecule has 0 aromatic carbocycles. The molecule has 1 aliphatic heterocycles. The highest BCUT2D eigenvalue weighted by Crippen LogP contribution is 2.26. The van der Waals surface area contributed by atoms with Crippen molar-refractivity contribution in [2.45, 2.75) is 223 Å². The number of unbranched alkanes of at least 4 members (excludes halogenated alkanes) is 22. The molecule has 8 atom stereocenters. The van der Waals surface area contributed by atoms with E-state index in [1.807, 2.05) is 6.08 Å². The van der Waals surface area contributed by atoms with Gasteiger partial charge in [0.2, 0.25) is 5.91 Å². The molecule has 0 aliphatic carbocycles. The van der Waals surface area contributed by atoms with E-state index in [0.29, 0.717) is 12.8 Å². The van der Waals surface area contributed by atoms with Crippen LogP contribution in [0.2, 0.25) is 0 Å². The lowest BCUT2D eigenvalue weighted by Gasteiger charge is -2.41. The Morgan fingerprint density at radius 1 is 0.741 bits per heavy atom. The Hall–Kier alpha value is -1.20. The summed E-state index contributed by atoms with van der Waals surface area (Å²) >= 11 is 0. The number of carbonyl (C=O) groups excluding carboxylic acids is 1. The van der Waals surface area contributed by atoms with Crippen molar-refractivity contribution in [3.8, 4) is 0 Å². The second kappa shape index (κ2) is 31.8. The van der Waals surface area contributed by atoms with Crippen molar-refractivity contribution in [2.75, 3.05) is 13.2 Å². The monoisotopic (exact) mass is 796 g/mol. The third kappa shape index (κ3) is 24.4. The van der Waals surface area contributed by atoms with E-state index in [-0.39, 0.29) is 6.42 Å². The van der Waals surface area contributed by atoms with E-state index in [9.17, 15) is 38.7 Å². The van der Waals surface area contributed by atoms with Gasteiger partial charge in [-0.3, -0.25) is 9.35 Å². The Labute approximate surface area is 326 Å². The lowest BCUT2D eigenvalue weighted by molar-refractivity contribution is -0.298. The fourth-order valence-electron chi connectivity index (χ4n) is 6.75. The Kier molecular flexibility index (Phi) is 30.0. The number of rotatable bonds is 35. The Morgan fingerprint density at radius 3 is 1.67 bits per heavy atom. The molecule has 54 heavy (non-hydrogen) atoms.